The number of thioether (sulfide) groups is 1. The van der Waals surface area contributed by atoms with Crippen molar-refractivity contribution in [1.29, 1.82) is 0 Å². The number of nitrogens with zero attached hydrogens (tertiary/aromatic N) is 4. The van der Waals surface area contributed by atoms with Gasteiger partial charge in [0, 0.05) is 35.1 Å². The lowest BCUT2D eigenvalue weighted by atomic mass is 10.1. The summed E-state index contributed by atoms with van der Waals surface area (Å²) in [5, 5.41) is 9.17. The lowest BCUT2D eigenvalue weighted by Gasteiger charge is -2.12. The Bertz CT molecular complexity index is 1370. The van der Waals surface area contributed by atoms with Crippen LogP contribution in [0.4, 0.5) is 0 Å². The predicted molar refractivity (Wildman–Crippen MR) is 136 cm³/mol. The van der Waals surface area contributed by atoms with Gasteiger partial charge in [-0.15, -0.1) is 16.8 Å². The summed E-state index contributed by atoms with van der Waals surface area (Å²) in [6.07, 6.45) is 2.28. The number of hydrogen-bond acceptors (Lipinski definition) is 6. The van der Waals surface area contributed by atoms with Gasteiger partial charge in [0.05, 0.1) is 17.3 Å². The minimum atomic E-state index is -3.03. The highest BCUT2D eigenvalue weighted by Gasteiger charge is 2.33. The van der Waals surface area contributed by atoms with Crippen molar-refractivity contribution >= 4 is 27.4 Å². The van der Waals surface area contributed by atoms with E-state index in [4.69, 9.17) is 0 Å². The molecule has 3 heterocycles. The number of sulfone groups is 1. The van der Waals surface area contributed by atoms with Crippen molar-refractivity contribution in [2.45, 2.75) is 51.7 Å². The van der Waals surface area contributed by atoms with Crippen LogP contribution in [-0.4, -0.2) is 50.8 Å². The van der Waals surface area contributed by atoms with Gasteiger partial charge in [0.15, 0.2) is 20.8 Å². The molecule has 3 aromatic rings. The van der Waals surface area contributed by atoms with Crippen LogP contribution in [0.1, 0.15) is 51.0 Å². The van der Waals surface area contributed by atoms with Crippen molar-refractivity contribution < 1.29 is 13.2 Å². The molecule has 1 fully saturated rings. The van der Waals surface area contributed by atoms with E-state index in [2.05, 4.69) is 53.4 Å². The summed E-state index contributed by atoms with van der Waals surface area (Å²) in [4.78, 5) is 13.2. The van der Waals surface area contributed by atoms with E-state index in [0.29, 0.717) is 29.5 Å². The zero-order chi connectivity index (χ0) is 24.6. The summed E-state index contributed by atoms with van der Waals surface area (Å²) in [6, 6.07) is 8.26. The lowest BCUT2D eigenvalue weighted by molar-refractivity contribution is 0.102. The van der Waals surface area contributed by atoms with Crippen LogP contribution in [0.5, 0.6) is 0 Å². The van der Waals surface area contributed by atoms with Gasteiger partial charge in [0.2, 0.25) is 0 Å². The van der Waals surface area contributed by atoms with Gasteiger partial charge in [-0.05, 0) is 63.4 Å². The van der Waals surface area contributed by atoms with Gasteiger partial charge in [-0.2, -0.15) is 0 Å². The summed E-state index contributed by atoms with van der Waals surface area (Å²) < 4.78 is 27.9. The molecule has 0 aliphatic carbocycles. The van der Waals surface area contributed by atoms with E-state index in [9.17, 15) is 13.2 Å². The van der Waals surface area contributed by atoms with E-state index in [-0.39, 0.29) is 29.0 Å². The maximum Gasteiger partial charge on any atom is 0.191 e. The zero-order valence-electron chi connectivity index (χ0n) is 20.0. The minimum absolute atomic E-state index is 0.0198. The van der Waals surface area contributed by atoms with E-state index >= 15 is 0 Å². The molecule has 9 heteroatoms. The topological polar surface area (TPSA) is 86.8 Å². The smallest absolute Gasteiger partial charge is 0.191 e. The van der Waals surface area contributed by atoms with E-state index in [1.807, 2.05) is 24.5 Å². The number of aryl methyl sites for hydroxylation is 3. The van der Waals surface area contributed by atoms with E-state index < -0.39 is 9.84 Å². The van der Waals surface area contributed by atoms with E-state index in [0.717, 1.165) is 17.1 Å². The fraction of sp³-hybridized carbons (Fsp3) is 0.400. The number of Topliss-reactive ketones (excluding diaryl/α,β-unsaturated/α-hetero) is 1. The number of ketones is 1. The second kappa shape index (κ2) is 9.54. The molecular formula is C25H30N4O3S2. The average Bonchev–Trinajstić information content (AvgIpc) is 3.43. The van der Waals surface area contributed by atoms with Crippen LogP contribution in [0.2, 0.25) is 0 Å². The van der Waals surface area contributed by atoms with Gasteiger partial charge in [-0.1, -0.05) is 23.9 Å². The third-order valence-electron chi connectivity index (χ3n) is 6.47. The van der Waals surface area contributed by atoms with Gasteiger partial charge in [-0.3, -0.25) is 4.79 Å². The first-order valence-electron chi connectivity index (χ1n) is 11.3. The van der Waals surface area contributed by atoms with Crippen LogP contribution in [0.15, 0.2) is 42.1 Å². The number of carbonyl (C=O) groups excluding carboxylic acids is 1. The van der Waals surface area contributed by atoms with Crippen LogP contribution in [0.25, 0.3) is 5.69 Å². The van der Waals surface area contributed by atoms with Crippen LogP contribution in [-0.2, 0) is 16.4 Å². The van der Waals surface area contributed by atoms with Gasteiger partial charge in [0.25, 0.3) is 0 Å². The number of aromatic nitrogens is 4. The molecule has 0 spiro atoms. The Labute approximate surface area is 205 Å². The fourth-order valence-corrected chi connectivity index (χ4v) is 7.10. The predicted octanol–water partition coefficient (Wildman–Crippen LogP) is 4.37. The highest BCUT2D eigenvalue weighted by molar-refractivity contribution is 7.99. The Morgan fingerprint density at radius 3 is 2.59 bits per heavy atom. The summed E-state index contributed by atoms with van der Waals surface area (Å²) in [5.41, 5.74) is 6.11. The Kier molecular flexibility index (Phi) is 6.87. The van der Waals surface area contributed by atoms with Crippen molar-refractivity contribution in [2.75, 3.05) is 17.3 Å². The molecule has 1 saturated heterocycles. The summed E-state index contributed by atoms with van der Waals surface area (Å²) in [6.45, 7) is 12.4. The molecule has 1 aliphatic rings. The second-order valence-electron chi connectivity index (χ2n) is 8.94. The molecule has 0 amide bonds. The van der Waals surface area contributed by atoms with Crippen LogP contribution >= 0.6 is 11.8 Å². The molecule has 4 rings (SSSR count). The standard InChI is InChI=1S/C25H30N4O3S2/c1-6-10-28-24(20-9-11-34(31,32)15-20)26-27-25(28)33-14-23(30)22-13-18(4)29(19(22)5)21-8-7-16(2)17(3)12-21/h6-8,12-13,20H,1,9-11,14-15H2,2-5H3. The highest BCUT2D eigenvalue weighted by Crippen LogP contribution is 2.31. The summed E-state index contributed by atoms with van der Waals surface area (Å²) >= 11 is 1.33. The number of benzene rings is 1. The van der Waals surface area contributed by atoms with Crippen molar-refractivity contribution in [3.05, 3.63) is 70.8 Å². The van der Waals surface area contributed by atoms with Crippen LogP contribution < -0.4 is 0 Å². The van der Waals surface area contributed by atoms with Crippen molar-refractivity contribution in [3.63, 3.8) is 0 Å². The molecule has 1 unspecified atom stereocenters. The quantitative estimate of drug-likeness (QED) is 0.260. The average molecular weight is 499 g/mol. The molecule has 1 atom stereocenters. The number of carbonyl (C=O) groups is 1. The highest BCUT2D eigenvalue weighted by atomic mass is 32.2. The second-order valence-corrected chi connectivity index (χ2v) is 12.1. The Morgan fingerprint density at radius 2 is 1.94 bits per heavy atom. The fourth-order valence-electron chi connectivity index (χ4n) is 4.52. The van der Waals surface area contributed by atoms with Gasteiger partial charge in [0.1, 0.15) is 5.82 Å². The molecule has 180 valence electrons. The Hall–Kier alpha value is -2.65. The third kappa shape index (κ3) is 4.77. The van der Waals surface area contributed by atoms with Gasteiger partial charge >= 0.3 is 0 Å². The number of rotatable bonds is 8. The molecule has 34 heavy (non-hydrogen) atoms. The molecular weight excluding hydrogens is 468 g/mol. The van der Waals surface area contributed by atoms with Gasteiger partial charge in [-0.25, -0.2) is 8.42 Å². The zero-order valence-corrected chi connectivity index (χ0v) is 21.7. The SMILES string of the molecule is C=CCn1c(SCC(=O)c2cc(C)n(-c3ccc(C)c(C)c3)c2C)nnc1C1CCS(=O)(=O)C1. The van der Waals surface area contributed by atoms with Crippen LogP contribution in [0, 0.1) is 27.7 Å². The lowest BCUT2D eigenvalue weighted by Crippen LogP contribution is -2.12. The van der Waals surface area contributed by atoms with Crippen molar-refractivity contribution in [2.24, 2.45) is 0 Å². The maximum absolute atomic E-state index is 13.2. The third-order valence-corrected chi connectivity index (χ3v) is 9.20. The molecule has 7 nitrogen and oxygen atoms in total. The molecule has 1 aliphatic heterocycles. The first-order valence-corrected chi connectivity index (χ1v) is 14.1. The Morgan fingerprint density at radius 1 is 1.18 bits per heavy atom. The summed E-state index contributed by atoms with van der Waals surface area (Å²) in [5.74, 6) is 0.996. The molecule has 2 aromatic heterocycles. The maximum atomic E-state index is 13.2. The van der Waals surface area contributed by atoms with E-state index in [1.54, 1.807) is 6.08 Å². The first kappa shape index (κ1) is 24.5. The molecule has 0 N–H and O–H groups in total. The number of allylic oxidation sites excluding steroid dienone is 1. The molecule has 1 aromatic carbocycles. The normalized spacial score (nSPS) is 17.2. The molecule has 0 saturated carbocycles. The van der Waals surface area contributed by atoms with E-state index in [1.165, 1.54) is 22.9 Å². The molecule has 0 radical (unpaired) electrons. The van der Waals surface area contributed by atoms with Crippen molar-refractivity contribution in [3.8, 4) is 5.69 Å². The summed E-state index contributed by atoms with van der Waals surface area (Å²) in [7, 11) is -3.03. The Balaban J connectivity index is 1.54. The van der Waals surface area contributed by atoms with Crippen LogP contribution in [0.3, 0.4) is 0 Å². The van der Waals surface area contributed by atoms with Gasteiger partial charge < -0.3 is 9.13 Å². The molecule has 0 bridgehead atoms. The number of hydrogen-bond donors (Lipinski definition) is 0. The monoisotopic (exact) mass is 498 g/mol. The minimum Gasteiger partial charge on any atom is -0.318 e. The largest absolute Gasteiger partial charge is 0.318 e. The van der Waals surface area contributed by atoms with Crippen molar-refractivity contribution in [1.82, 2.24) is 19.3 Å². The first-order chi connectivity index (χ1) is 16.1.